The largest absolute Gasteiger partial charge is 0.309 e. The number of para-hydroxylation sites is 1. The fourth-order valence-corrected chi connectivity index (χ4v) is 8.92. The Kier molecular flexibility index (Phi) is 7.59. The van der Waals surface area contributed by atoms with Gasteiger partial charge in [-0.05, 0) is 67.6 Å². The van der Waals surface area contributed by atoms with Crippen molar-refractivity contribution in [3.8, 4) is 16.8 Å². The van der Waals surface area contributed by atoms with Gasteiger partial charge in [-0.15, -0.1) is 0 Å². The van der Waals surface area contributed by atoms with E-state index in [0.29, 0.717) is 0 Å². The lowest BCUT2D eigenvalue weighted by Gasteiger charge is -2.39. The van der Waals surface area contributed by atoms with Crippen LogP contribution in [0.1, 0.15) is 35.2 Å². The molecule has 3 N–H and O–H groups in total. The van der Waals surface area contributed by atoms with Crippen molar-refractivity contribution in [2.24, 2.45) is 0 Å². The average molecular weight is 707 g/mol. The third-order valence-electron chi connectivity index (χ3n) is 11.5. The molecule has 4 nitrogen and oxygen atoms in total. The molecule has 262 valence electrons. The van der Waals surface area contributed by atoms with Gasteiger partial charge in [0.1, 0.15) is 0 Å². The first-order valence-corrected chi connectivity index (χ1v) is 19.1. The normalized spacial score (nSPS) is 17.4. The Hall–Kier alpha value is -6.56. The quantitative estimate of drug-likeness (QED) is 0.156. The third-order valence-corrected chi connectivity index (χ3v) is 11.5. The second kappa shape index (κ2) is 13.1. The molecule has 10 aromatic rings. The molecule has 3 atom stereocenters. The summed E-state index contributed by atoms with van der Waals surface area (Å²) >= 11 is 0. The molecule has 0 bridgehead atoms. The number of fused-ring (bicyclic) bond motifs is 10. The SMILES string of the molecule is c1ccc(-c2ccc(C3NC(c4ccccc4)NC(c4cccc(-n5c6ccccc6c6c7c8ccccc8ccc7c7ccccc7c65)c4)N3)cc2)cc1. The standard InChI is InChI=1S/C51H38N4/c1-3-14-33(15-4-1)34-26-28-37(29-27-34)50-52-49(36-17-5-2-6-18-36)53-51(54-50)38-19-13-20-39(32-38)55-45-25-12-11-24-44(45)47-46-40-21-8-7-16-35(40)30-31-42(46)41-22-9-10-23-43(41)48(47)55/h1-32,49-54H. The van der Waals surface area contributed by atoms with Gasteiger partial charge >= 0.3 is 0 Å². The molecule has 0 saturated carbocycles. The molecule has 1 aliphatic heterocycles. The van der Waals surface area contributed by atoms with Crippen molar-refractivity contribution in [3.63, 3.8) is 0 Å². The van der Waals surface area contributed by atoms with Crippen LogP contribution in [0.5, 0.6) is 0 Å². The van der Waals surface area contributed by atoms with Crippen LogP contribution < -0.4 is 16.0 Å². The highest BCUT2D eigenvalue weighted by Crippen LogP contribution is 2.45. The molecule has 4 heteroatoms. The van der Waals surface area contributed by atoms with Crippen molar-refractivity contribution >= 4 is 54.1 Å². The molecule has 0 radical (unpaired) electrons. The maximum atomic E-state index is 3.93. The fourth-order valence-electron chi connectivity index (χ4n) is 8.92. The molecular weight excluding hydrogens is 669 g/mol. The summed E-state index contributed by atoms with van der Waals surface area (Å²) in [6.07, 6.45) is -0.270. The summed E-state index contributed by atoms with van der Waals surface area (Å²) in [5, 5.41) is 21.9. The van der Waals surface area contributed by atoms with E-state index in [4.69, 9.17) is 0 Å². The van der Waals surface area contributed by atoms with Crippen LogP contribution in [0.2, 0.25) is 0 Å². The Morgan fingerprint density at radius 2 is 0.909 bits per heavy atom. The molecule has 55 heavy (non-hydrogen) atoms. The first kappa shape index (κ1) is 31.9. The summed E-state index contributed by atoms with van der Waals surface area (Å²) in [7, 11) is 0. The second-order valence-electron chi connectivity index (χ2n) is 14.6. The van der Waals surface area contributed by atoms with Crippen molar-refractivity contribution in [2.75, 3.05) is 0 Å². The Labute approximate surface area is 319 Å². The molecule has 1 aliphatic rings. The zero-order valence-corrected chi connectivity index (χ0v) is 30.2. The number of hydrogen-bond donors (Lipinski definition) is 3. The van der Waals surface area contributed by atoms with E-state index in [1.54, 1.807) is 0 Å². The first-order valence-electron chi connectivity index (χ1n) is 19.1. The van der Waals surface area contributed by atoms with Gasteiger partial charge in [-0.3, -0.25) is 16.0 Å². The summed E-state index contributed by atoms with van der Waals surface area (Å²) in [6.45, 7) is 0. The summed E-state index contributed by atoms with van der Waals surface area (Å²) in [5.41, 5.74) is 9.56. The Morgan fingerprint density at radius 3 is 1.67 bits per heavy atom. The molecular formula is C51H38N4. The highest BCUT2D eigenvalue weighted by atomic mass is 15.4. The van der Waals surface area contributed by atoms with Crippen LogP contribution in [-0.4, -0.2) is 4.57 Å². The van der Waals surface area contributed by atoms with Gasteiger partial charge in [0.15, 0.2) is 0 Å². The number of aromatic nitrogens is 1. The highest BCUT2D eigenvalue weighted by Gasteiger charge is 2.30. The van der Waals surface area contributed by atoms with Gasteiger partial charge in [0.25, 0.3) is 0 Å². The zero-order valence-electron chi connectivity index (χ0n) is 30.2. The molecule has 1 aromatic heterocycles. The first-order chi connectivity index (χ1) is 27.3. The van der Waals surface area contributed by atoms with E-state index in [2.05, 4.69) is 215 Å². The van der Waals surface area contributed by atoms with Crippen LogP contribution in [0.4, 0.5) is 0 Å². The minimum absolute atomic E-state index is 0.0632. The van der Waals surface area contributed by atoms with Crippen molar-refractivity contribution in [3.05, 3.63) is 211 Å². The van der Waals surface area contributed by atoms with Gasteiger partial charge in [-0.2, -0.15) is 0 Å². The van der Waals surface area contributed by atoms with Crippen molar-refractivity contribution in [2.45, 2.75) is 18.5 Å². The maximum Gasteiger partial charge on any atom is 0.0865 e. The minimum Gasteiger partial charge on any atom is -0.309 e. The minimum atomic E-state index is -0.125. The van der Waals surface area contributed by atoms with Gasteiger partial charge < -0.3 is 4.57 Å². The number of nitrogens with one attached hydrogen (secondary N) is 3. The molecule has 0 aliphatic carbocycles. The molecule has 9 aromatic carbocycles. The van der Waals surface area contributed by atoms with Crippen LogP contribution in [0.25, 0.3) is 70.9 Å². The van der Waals surface area contributed by atoms with Crippen LogP contribution >= 0.6 is 0 Å². The van der Waals surface area contributed by atoms with Crippen LogP contribution in [0.3, 0.4) is 0 Å². The Morgan fingerprint density at radius 1 is 0.345 bits per heavy atom. The van der Waals surface area contributed by atoms with E-state index < -0.39 is 0 Å². The fraction of sp³-hybridized carbons (Fsp3) is 0.0588. The predicted molar refractivity (Wildman–Crippen MR) is 229 cm³/mol. The number of rotatable bonds is 5. The van der Waals surface area contributed by atoms with Gasteiger partial charge in [0.05, 0.1) is 29.5 Å². The predicted octanol–water partition coefficient (Wildman–Crippen LogP) is 12.1. The van der Waals surface area contributed by atoms with E-state index in [9.17, 15) is 0 Å². The van der Waals surface area contributed by atoms with Crippen molar-refractivity contribution in [1.29, 1.82) is 0 Å². The molecule has 1 fully saturated rings. The topological polar surface area (TPSA) is 41.0 Å². The summed E-state index contributed by atoms with van der Waals surface area (Å²) < 4.78 is 2.49. The number of hydrogen-bond acceptors (Lipinski definition) is 3. The van der Waals surface area contributed by atoms with E-state index >= 15 is 0 Å². The highest BCUT2D eigenvalue weighted by molar-refractivity contribution is 6.36. The monoisotopic (exact) mass is 706 g/mol. The van der Waals surface area contributed by atoms with Gasteiger partial charge in [-0.25, -0.2) is 0 Å². The molecule has 11 rings (SSSR count). The summed E-state index contributed by atoms with van der Waals surface area (Å²) in [6, 6.07) is 70.5. The van der Waals surface area contributed by atoms with Crippen LogP contribution in [0.15, 0.2) is 194 Å². The Balaban J connectivity index is 1.08. The van der Waals surface area contributed by atoms with Gasteiger partial charge in [-0.1, -0.05) is 176 Å². The summed E-state index contributed by atoms with van der Waals surface area (Å²) in [4.78, 5) is 0. The van der Waals surface area contributed by atoms with E-state index in [1.807, 2.05) is 0 Å². The molecule has 3 unspecified atom stereocenters. The molecule has 2 heterocycles. The van der Waals surface area contributed by atoms with Crippen molar-refractivity contribution < 1.29 is 0 Å². The van der Waals surface area contributed by atoms with Crippen LogP contribution in [0, 0.1) is 0 Å². The number of benzene rings is 9. The lowest BCUT2D eigenvalue weighted by Crippen LogP contribution is -2.54. The van der Waals surface area contributed by atoms with Crippen molar-refractivity contribution in [1.82, 2.24) is 20.5 Å². The maximum absolute atomic E-state index is 3.93. The average Bonchev–Trinajstić information content (AvgIpc) is 3.62. The van der Waals surface area contributed by atoms with E-state index in [1.165, 1.54) is 81.9 Å². The van der Waals surface area contributed by atoms with Crippen LogP contribution in [-0.2, 0) is 0 Å². The Bertz CT molecular complexity index is 3020. The molecule has 1 saturated heterocycles. The second-order valence-corrected chi connectivity index (χ2v) is 14.6. The third kappa shape index (κ3) is 5.34. The summed E-state index contributed by atoms with van der Waals surface area (Å²) in [5.74, 6) is 0. The zero-order chi connectivity index (χ0) is 36.3. The van der Waals surface area contributed by atoms with E-state index in [0.717, 1.165) is 5.69 Å². The van der Waals surface area contributed by atoms with Gasteiger partial charge in [0, 0.05) is 27.2 Å². The van der Waals surface area contributed by atoms with Gasteiger partial charge in [0.2, 0.25) is 0 Å². The lowest BCUT2D eigenvalue weighted by atomic mass is 9.93. The number of nitrogens with zero attached hydrogens (tertiary/aromatic N) is 1. The van der Waals surface area contributed by atoms with E-state index in [-0.39, 0.29) is 18.5 Å². The lowest BCUT2D eigenvalue weighted by molar-refractivity contribution is 0.203. The molecule has 0 amide bonds. The molecule has 0 spiro atoms. The smallest absolute Gasteiger partial charge is 0.0865 e.